The van der Waals surface area contributed by atoms with E-state index in [2.05, 4.69) is 0 Å². The molecule has 140 valence electrons. The van der Waals surface area contributed by atoms with E-state index in [1.165, 1.54) is 18.2 Å². The molecule has 0 aliphatic heterocycles. The summed E-state index contributed by atoms with van der Waals surface area (Å²) in [5.41, 5.74) is -0.686. The van der Waals surface area contributed by atoms with E-state index in [1.807, 2.05) is 0 Å². The molecule has 0 radical (unpaired) electrons. The quantitative estimate of drug-likeness (QED) is 0.499. The van der Waals surface area contributed by atoms with Crippen LogP contribution in [0.1, 0.15) is 0 Å². The molecule has 0 saturated carbocycles. The first-order chi connectivity index (χ1) is 11.9. The van der Waals surface area contributed by atoms with Crippen molar-refractivity contribution in [2.24, 2.45) is 0 Å². The summed E-state index contributed by atoms with van der Waals surface area (Å²) in [7, 11) is -8.59. The van der Waals surface area contributed by atoms with Gasteiger partial charge in [0.05, 0.1) is 19.9 Å². The summed E-state index contributed by atoms with van der Waals surface area (Å²) in [6.45, 7) is 0. The second kappa shape index (κ2) is 7.29. The zero-order valence-corrected chi connectivity index (χ0v) is 16.7. The second-order valence-electron chi connectivity index (χ2n) is 4.81. The molecule has 0 unspecified atom stereocenters. The van der Waals surface area contributed by atoms with Crippen LogP contribution in [0.5, 0.6) is 0 Å². The molecule has 2 aromatic rings. The molecule has 0 aromatic heterocycles. The summed E-state index contributed by atoms with van der Waals surface area (Å²) in [6, 6.07) is 6.45. The van der Waals surface area contributed by atoms with Crippen molar-refractivity contribution in [3.05, 3.63) is 61.6 Å². The molecular weight excluding hydrogens is 451 g/mol. The molecule has 0 fully saturated rings. The minimum atomic E-state index is -4.69. The molecule has 0 saturated heterocycles. The van der Waals surface area contributed by atoms with Gasteiger partial charge in [0, 0.05) is 13.1 Å². The van der Waals surface area contributed by atoms with Crippen molar-refractivity contribution in [3.8, 4) is 0 Å². The van der Waals surface area contributed by atoms with Crippen LogP contribution in [0.4, 0.5) is 5.69 Å². The molecule has 13 heteroatoms. The zero-order valence-electron chi connectivity index (χ0n) is 12.8. The predicted octanol–water partition coefficient (Wildman–Crippen LogP) is 3.56. The monoisotopic (exact) mass is 458 g/mol. The largest absolute Gasteiger partial charge is 0.289 e. The highest BCUT2D eigenvalue weighted by atomic mass is 35.5. The van der Waals surface area contributed by atoms with Crippen molar-refractivity contribution in [1.82, 2.24) is 3.71 Å². The maximum atomic E-state index is 12.7. The van der Waals surface area contributed by atoms with Crippen molar-refractivity contribution < 1.29 is 21.8 Å². The van der Waals surface area contributed by atoms with Gasteiger partial charge in [-0.05, 0) is 24.3 Å². The lowest BCUT2D eigenvalue weighted by Gasteiger charge is -2.19. The van der Waals surface area contributed by atoms with Gasteiger partial charge in [-0.1, -0.05) is 44.6 Å². The molecule has 0 aliphatic carbocycles. The van der Waals surface area contributed by atoms with Crippen molar-refractivity contribution in [2.45, 2.75) is 9.79 Å². The Balaban J connectivity index is 2.63. The number of hydrogen-bond donors (Lipinski definition) is 0. The fourth-order valence-corrected chi connectivity index (χ4v) is 6.30. The van der Waals surface area contributed by atoms with Gasteiger partial charge < -0.3 is 0 Å². The first-order valence-corrected chi connectivity index (χ1v) is 10.5. The second-order valence-corrected chi connectivity index (χ2v) is 10.1. The van der Waals surface area contributed by atoms with Gasteiger partial charge in [-0.3, -0.25) is 10.1 Å². The van der Waals surface area contributed by atoms with E-state index in [1.54, 1.807) is 0 Å². The minimum absolute atomic E-state index is 0.0417. The molecule has 0 N–H and O–H groups in total. The van der Waals surface area contributed by atoms with Gasteiger partial charge in [-0.25, -0.2) is 16.8 Å². The third kappa shape index (κ3) is 3.66. The number of nitro groups is 1. The average Bonchev–Trinajstić information content (AvgIpc) is 2.53. The molecule has 26 heavy (non-hydrogen) atoms. The van der Waals surface area contributed by atoms with E-state index < -0.39 is 40.4 Å². The van der Waals surface area contributed by atoms with E-state index in [4.69, 9.17) is 34.8 Å². The molecule has 0 spiro atoms. The fraction of sp³-hybridized carbons (Fsp3) is 0.0769. The summed E-state index contributed by atoms with van der Waals surface area (Å²) in [6.07, 6.45) is 0. The molecule has 0 atom stereocenters. The molecule has 8 nitrogen and oxygen atoms in total. The smallest absolute Gasteiger partial charge is 0.258 e. The van der Waals surface area contributed by atoms with Gasteiger partial charge >= 0.3 is 0 Å². The fourth-order valence-electron chi connectivity index (χ4n) is 1.93. The molecule has 0 bridgehead atoms. The summed E-state index contributed by atoms with van der Waals surface area (Å²) in [4.78, 5) is 8.81. The maximum absolute atomic E-state index is 12.7. The Morgan fingerprint density at radius 3 is 1.96 bits per heavy atom. The maximum Gasteiger partial charge on any atom is 0.289 e. The van der Waals surface area contributed by atoms with Gasteiger partial charge in [0.2, 0.25) is 0 Å². The number of sulfonamides is 2. The Labute approximate surface area is 164 Å². The van der Waals surface area contributed by atoms with Gasteiger partial charge in [0.1, 0.15) is 9.92 Å². The lowest BCUT2D eigenvalue weighted by molar-refractivity contribution is -0.384. The Morgan fingerprint density at radius 2 is 1.46 bits per heavy atom. The van der Waals surface area contributed by atoms with Crippen LogP contribution < -0.4 is 0 Å². The van der Waals surface area contributed by atoms with Crippen LogP contribution in [0.25, 0.3) is 0 Å². The molecule has 0 aliphatic rings. The lowest BCUT2D eigenvalue weighted by atomic mass is 10.3. The predicted molar refractivity (Wildman–Crippen MR) is 96.7 cm³/mol. The zero-order chi connectivity index (χ0) is 19.9. The van der Waals surface area contributed by atoms with Crippen LogP contribution in [0.2, 0.25) is 15.1 Å². The summed E-state index contributed by atoms with van der Waals surface area (Å²) >= 11 is 17.3. The van der Waals surface area contributed by atoms with Gasteiger partial charge in [-0.2, -0.15) is 0 Å². The highest BCUT2D eigenvalue weighted by Crippen LogP contribution is 2.34. The van der Waals surface area contributed by atoms with Gasteiger partial charge in [0.25, 0.3) is 25.7 Å². The SMILES string of the molecule is CN(S(=O)(=O)c1ccc(Cl)c([N+](=O)[O-])c1)S(=O)(=O)c1c(Cl)cccc1Cl. The number of rotatable bonds is 5. The number of benzene rings is 2. The molecule has 0 heterocycles. The number of halogens is 3. The highest BCUT2D eigenvalue weighted by Gasteiger charge is 2.36. The van der Waals surface area contributed by atoms with Crippen molar-refractivity contribution >= 4 is 60.5 Å². The average molecular weight is 460 g/mol. The summed E-state index contributed by atoms with van der Waals surface area (Å²) in [5.74, 6) is 0. The van der Waals surface area contributed by atoms with E-state index in [0.29, 0.717) is 6.07 Å². The molecular formula is C13H9Cl3N2O6S2. The number of hydrogen-bond acceptors (Lipinski definition) is 6. The number of nitro benzene ring substituents is 1. The van der Waals surface area contributed by atoms with Crippen LogP contribution in [0, 0.1) is 10.1 Å². The Bertz CT molecular complexity index is 1080. The standard InChI is InChI=1S/C13H9Cl3N2O6S2/c1-17(26(23,24)13-10(15)3-2-4-11(13)16)25(21,22)8-5-6-9(14)12(7-8)18(19)20/h2-7H,1H3. The van der Waals surface area contributed by atoms with Crippen LogP contribution in [0.3, 0.4) is 0 Å². The topological polar surface area (TPSA) is 115 Å². The van der Waals surface area contributed by atoms with E-state index in [0.717, 1.165) is 19.2 Å². The van der Waals surface area contributed by atoms with Crippen molar-refractivity contribution in [1.29, 1.82) is 0 Å². The third-order valence-electron chi connectivity index (χ3n) is 3.27. The van der Waals surface area contributed by atoms with E-state index >= 15 is 0 Å². The first-order valence-electron chi connectivity index (χ1n) is 6.53. The van der Waals surface area contributed by atoms with Crippen molar-refractivity contribution in [2.75, 3.05) is 7.05 Å². The first kappa shape index (κ1) is 20.9. The Kier molecular flexibility index (Phi) is 5.86. The van der Waals surface area contributed by atoms with Gasteiger partial charge in [0.15, 0.2) is 0 Å². The third-order valence-corrected chi connectivity index (χ3v) is 8.78. The summed E-state index contributed by atoms with van der Waals surface area (Å²) in [5, 5.41) is 10.1. The van der Waals surface area contributed by atoms with E-state index in [-0.39, 0.29) is 18.8 Å². The molecule has 2 aromatic carbocycles. The van der Waals surface area contributed by atoms with Crippen LogP contribution in [0.15, 0.2) is 46.2 Å². The van der Waals surface area contributed by atoms with Gasteiger partial charge in [-0.15, -0.1) is 0 Å². The van der Waals surface area contributed by atoms with Crippen molar-refractivity contribution in [3.63, 3.8) is 0 Å². The Hall–Kier alpha value is -1.43. The van der Waals surface area contributed by atoms with Crippen LogP contribution in [-0.4, -0.2) is 32.5 Å². The Morgan fingerprint density at radius 1 is 0.923 bits per heavy atom. The lowest BCUT2D eigenvalue weighted by Crippen LogP contribution is -2.33. The molecule has 2 rings (SSSR count). The number of nitrogens with zero attached hydrogens (tertiary/aromatic N) is 2. The normalized spacial score (nSPS) is 12.3. The highest BCUT2D eigenvalue weighted by molar-refractivity contribution is 8.04. The minimum Gasteiger partial charge on any atom is -0.258 e. The van der Waals surface area contributed by atoms with E-state index in [9.17, 15) is 26.9 Å². The molecule has 0 amide bonds. The van der Waals surface area contributed by atoms with Crippen LogP contribution >= 0.6 is 34.8 Å². The van der Waals surface area contributed by atoms with Crippen LogP contribution in [-0.2, 0) is 20.0 Å². The summed E-state index contributed by atoms with van der Waals surface area (Å²) < 4.78 is 50.7.